The molecule has 4 nitrogen and oxygen atoms in total. The van der Waals surface area contributed by atoms with Crippen LogP contribution in [0.2, 0.25) is 0 Å². The molecule has 0 aliphatic heterocycles. The van der Waals surface area contributed by atoms with Gasteiger partial charge in [-0.1, -0.05) is 13.8 Å². The number of hydrogen-bond acceptors (Lipinski definition) is 4. The minimum absolute atomic E-state index is 0.0856. The fourth-order valence-corrected chi connectivity index (χ4v) is 4.27. The molecule has 21 heavy (non-hydrogen) atoms. The third kappa shape index (κ3) is 3.59. The highest BCUT2D eigenvalue weighted by Crippen LogP contribution is 2.37. The largest absolute Gasteiger partial charge is 0.468 e. The molecule has 0 aromatic heterocycles. The Kier molecular flexibility index (Phi) is 5.67. The molecule has 0 spiro atoms. The van der Waals surface area contributed by atoms with E-state index in [9.17, 15) is 4.79 Å². The van der Waals surface area contributed by atoms with Gasteiger partial charge in [-0.15, -0.1) is 0 Å². The average molecular weight is 296 g/mol. The first-order valence-electron chi connectivity index (χ1n) is 8.57. The van der Waals surface area contributed by atoms with Crippen LogP contribution in [0, 0.1) is 5.92 Å². The maximum Gasteiger partial charge on any atom is 0.326 e. The minimum atomic E-state index is -0.454. The van der Waals surface area contributed by atoms with Gasteiger partial charge in [-0.25, -0.2) is 0 Å². The summed E-state index contributed by atoms with van der Waals surface area (Å²) >= 11 is 0. The van der Waals surface area contributed by atoms with Crippen molar-refractivity contribution in [3.8, 4) is 0 Å². The van der Waals surface area contributed by atoms with Gasteiger partial charge >= 0.3 is 5.97 Å². The van der Waals surface area contributed by atoms with Crippen LogP contribution in [0.25, 0.3) is 0 Å². The van der Waals surface area contributed by atoms with Crippen molar-refractivity contribution < 1.29 is 9.53 Å². The molecule has 2 saturated carbocycles. The van der Waals surface area contributed by atoms with Crippen molar-refractivity contribution in [1.29, 1.82) is 0 Å². The molecule has 1 N–H and O–H groups in total. The van der Waals surface area contributed by atoms with Gasteiger partial charge in [-0.3, -0.25) is 4.79 Å². The molecule has 2 unspecified atom stereocenters. The zero-order chi connectivity index (χ0) is 15.5. The van der Waals surface area contributed by atoms with E-state index in [1.165, 1.54) is 32.8 Å². The number of carbonyl (C=O) groups excluding carboxylic acids is 1. The molecule has 2 rings (SSSR count). The van der Waals surface area contributed by atoms with Gasteiger partial charge in [-0.2, -0.15) is 0 Å². The van der Waals surface area contributed by atoms with E-state index in [2.05, 4.69) is 31.1 Å². The van der Waals surface area contributed by atoms with Gasteiger partial charge in [0.15, 0.2) is 0 Å². The first-order chi connectivity index (χ1) is 10.0. The number of ether oxygens (including phenoxy) is 1. The van der Waals surface area contributed by atoms with Gasteiger partial charge in [0.25, 0.3) is 0 Å². The SMILES string of the molecule is CCNC1(C(=O)OC)CCC(N(C)C2CCC(C)CC2)C1. The summed E-state index contributed by atoms with van der Waals surface area (Å²) in [7, 11) is 3.76. The average Bonchev–Trinajstić information content (AvgIpc) is 2.92. The lowest BCUT2D eigenvalue weighted by Gasteiger charge is -2.38. The Morgan fingerprint density at radius 2 is 1.90 bits per heavy atom. The van der Waals surface area contributed by atoms with E-state index >= 15 is 0 Å². The van der Waals surface area contributed by atoms with E-state index in [1.807, 2.05) is 0 Å². The molecule has 122 valence electrons. The summed E-state index contributed by atoms with van der Waals surface area (Å²) < 4.78 is 5.06. The molecule has 4 heteroatoms. The molecule has 2 atom stereocenters. The number of rotatable bonds is 5. The van der Waals surface area contributed by atoms with Gasteiger partial charge in [0, 0.05) is 12.1 Å². The number of carbonyl (C=O) groups is 1. The van der Waals surface area contributed by atoms with Gasteiger partial charge in [0.2, 0.25) is 0 Å². The topological polar surface area (TPSA) is 41.6 Å². The zero-order valence-corrected chi connectivity index (χ0v) is 14.2. The van der Waals surface area contributed by atoms with Crippen molar-refractivity contribution in [1.82, 2.24) is 10.2 Å². The highest BCUT2D eigenvalue weighted by Gasteiger charge is 2.47. The predicted octanol–water partition coefficient (Wildman–Crippen LogP) is 2.57. The van der Waals surface area contributed by atoms with Crippen molar-refractivity contribution in [2.75, 3.05) is 20.7 Å². The van der Waals surface area contributed by atoms with Gasteiger partial charge in [0.1, 0.15) is 5.54 Å². The third-order valence-electron chi connectivity index (χ3n) is 5.72. The number of nitrogens with one attached hydrogen (secondary N) is 1. The summed E-state index contributed by atoms with van der Waals surface area (Å²) in [5, 5.41) is 3.40. The highest BCUT2D eigenvalue weighted by molar-refractivity contribution is 5.81. The number of likely N-dealkylation sites (N-methyl/N-ethyl adjacent to an activating group) is 1. The molecule has 0 amide bonds. The van der Waals surface area contributed by atoms with Crippen molar-refractivity contribution in [3.63, 3.8) is 0 Å². The maximum absolute atomic E-state index is 12.2. The molecule has 2 aliphatic carbocycles. The predicted molar refractivity (Wildman–Crippen MR) is 85.2 cm³/mol. The Bertz CT molecular complexity index is 353. The summed E-state index contributed by atoms with van der Waals surface area (Å²) in [6.07, 6.45) is 8.17. The first-order valence-corrected chi connectivity index (χ1v) is 8.57. The second-order valence-electron chi connectivity index (χ2n) is 7.08. The van der Waals surface area contributed by atoms with Crippen molar-refractivity contribution in [3.05, 3.63) is 0 Å². The van der Waals surface area contributed by atoms with E-state index in [4.69, 9.17) is 4.74 Å². The van der Waals surface area contributed by atoms with Crippen molar-refractivity contribution in [2.24, 2.45) is 5.92 Å². The Morgan fingerprint density at radius 1 is 1.24 bits per heavy atom. The first kappa shape index (κ1) is 16.8. The highest BCUT2D eigenvalue weighted by atomic mass is 16.5. The number of esters is 1. The smallest absolute Gasteiger partial charge is 0.326 e. The fourth-order valence-electron chi connectivity index (χ4n) is 4.27. The number of methoxy groups -OCH3 is 1. The molecule has 0 bridgehead atoms. The van der Waals surface area contributed by atoms with E-state index < -0.39 is 5.54 Å². The lowest BCUT2D eigenvalue weighted by Crippen LogP contribution is -2.52. The van der Waals surface area contributed by atoms with Crippen molar-refractivity contribution in [2.45, 2.75) is 76.4 Å². The molecule has 2 aliphatic rings. The summed E-state index contributed by atoms with van der Waals surface area (Å²) in [6.45, 7) is 5.23. The Balaban J connectivity index is 1.98. The summed E-state index contributed by atoms with van der Waals surface area (Å²) in [4.78, 5) is 14.8. The third-order valence-corrected chi connectivity index (χ3v) is 5.72. The summed E-state index contributed by atoms with van der Waals surface area (Å²) in [5.41, 5.74) is -0.454. The van der Waals surface area contributed by atoms with E-state index in [0.717, 1.165) is 31.7 Å². The van der Waals surface area contributed by atoms with Gasteiger partial charge in [0.05, 0.1) is 7.11 Å². The van der Waals surface area contributed by atoms with E-state index in [-0.39, 0.29) is 5.97 Å². The molecule has 0 radical (unpaired) electrons. The number of hydrogen-bond donors (Lipinski definition) is 1. The van der Waals surface area contributed by atoms with Crippen LogP contribution < -0.4 is 5.32 Å². The Morgan fingerprint density at radius 3 is 2.48 bits per heavy atom. The summed E-state index contributed by atoms with van der Waals surface area (Å²) in [6, 6.07) is 1.20. The standard InChI is InChI=1S/C17H32N2O2/c1-5-18-17(16(20)21-4)11-10-15(12-17)19(3)14-8-6-13(2)7-9-14/h13-15,18H,5-12H2,1-4H3. The number of nitrogens with zero attached hydrogens (tertiary/aromatic N) is 1. The minimum Gasteiger partial charge on any atom is -0.468 e. The second-order valence-corrected chi connectivity index (χ2v) is 7.08. The van der Waals surface area contributed by atoms with Crippen LogP contribution >= 0.6 is 0 Å². The van der Waals surface area contributed by atoms with Crippen molar-refractivity contribution >= 4 is 5.97 Å². The van der Waals surface area contributed by atoms with Crippen LogP contribution in [0.3, 0.4) is 0 Å². The zero-order valence-electron chi connectivity index (χ0n) is 14.2. The molecular formula is C17H32N2O2. The van der Waals surface area contributed by atoms with E-state index in [0.29, 0.717) is 12.1 Å². The Hall–Kier alpha value is -0.610. The van der Waals surface area contributed by atoms with Gasteiger partial charge in [-0.05, 0) is 64.5 Å². The van der Waals surface area contributed by atoms with Crippen LogP contribution in [-0.2, 0) is 9.53 Å². The molecule has 0 saturated heterocycles. The van der Waals surface area contributed by atoms with Crippen LogP contribution in [0.15, 0.2) is 0 Å². The van der Waals surface area contributed by atoms with Gasteiger partial charge < -0.3 is 15.0 Å². The lowest BCUT2D eigenvalue weighted by atomic mass is 9.86. The normalized spacial score (nSPS) is 36.9. The summed E-state index contributed by atoms with van der Waals surface area (Å²) in [5.74, 6) is 0.798. The van der Waals surface area contributed by atoms with Crippen LogP contribution in [0.4, 0.5) is 0 Å². The molecular weight excluding hydrogens is 264 g/mol. The molecule has 0 heterocycles. The second kappa shape index (κ2) is 7.10. The molecule has 0 aromatic rings. The van der Waals surface area contributed by atoms with Crippen LogP contribution in [0.5, 0.6) is 0 Å². The molecule has 2 fully saturated rings. The van der Waals surface area contributed by atoms with Crippen LogP contribution in [0.1, 0.15) is 58.8 Å². The monoisotopic (exact) mass is 296 g/mol. The quantitative estimate of drug-likeness (QED) is 0.792. The maximum atomic E-state index is 12.2. The van der Waals surface area contributed by atoms with E-state index in [1.54, 1.807) is 0 Å². The lowest BCUT2D eigenvalue weighted by molar-refractivity contribution is -0.148. The molecule has 0 aromatic carbocycles. The van der Waals surface area contributed by atoms with Crippen LogP contribution in [-0.4, -0.2) is 49.2 Å². The fraction of sp³-hybridized carbons (Fsp3) is 0.941. The Labute approximate surface area is 129 Å².